The molecule has 2 aromatic carbocycles. The molecule has 0 fully saturated rings. The molecule has 2 aromatic rings. The second-order valence-electron chi connectivity index (χ2n) is 4.56. The van der Waals surface area contributed by atoms with Crippen LogP contribution >= 0.6 is 23.4 Å². The maximum atomic E-state index is 9.10. The lowest BCUT2D eigenvalue weighted by Gasteiger charge is -2.32. The Morgan fingerprint density at radius 2 is 1.90 bits per heavy atom. The highest BCUT2D eigenvalue weighted by Crippen LogP contribution is 2.48. The smallest absolute Gasteiger partial charge is 0.0992 e. The lowest BCUT2D eigenvalue weighted by atomic mass is 10.1. The van der Waals surface area contributed by atoms with Gasteiger partial charge in [0.1, 0.15) is 0 Å². The number of nitrogens with zero attached hydrogens (tertiary/aromatic N) is 2. The van der Waals surface area contributed by atoms with Gasteiger partial charge in [-0.25, -0.2) is 0 Å². The molecule has 0 aliphatic carbocycles. The van der Waals surface area contributed by atoms with Crippen LogP contribution in [-0.2, 0) is 0 Å². The summed E-state index contributed by atoms with van der Waals surface area (Å²) in [7, 11) is 0. The van der Waals surface area contributed by atoms with Crippen LogP contribution in [0.25, 0.3) is 0 Å². The first-order chi connectivity index (χ1) is 9.83. The topological polar surface area (TPSA) is 27.0 Å². The average molecular weight is 301 g/mol. The van der Waals surface area contributed by atoms with Crippen molar-refractivity contribution >= 4 is 34.7 Å². The zero-order valence-electron chi connectivity index (χ0n) is 10.8. The van der Waals surface area contributed by atoms with E-state index in [9.17, 15) is 0 Å². The third kappa shape index (κ3) is 2.37. The molecule has 0 aromatic heterocycles. The molecule has 1 aliphatic rings. The predicted molar refractivity (Wildman–Crippen MR) is 84.1 cm³/mol. The first-order valence-electron chi connectivity index (χ1n) is 6.48. The second kappa shape index (κ2) is 5.78. The van der Waals surface area contributed by atoms with Crippen molar-refractivity contribution < 1.29 is 0 Å². The number of hydrogen-bond donors (Lipinski definition) is 0. The van der Waals surface area contributed by atoms with Gasteiger partial charge in [-0.2, -0.15) is 5.26 Å². The molecule has 1 aliphatic heterocycles. The number of benzene rings is 2. The van der Waals surface area contributed by atoms with Gasteiger partial charge >= 0.3 is 0 Å². The van der Waals surface area contributed by atoms with E-state index >= 15 is 0 Å². The van der Waals surface area contributed by atoms with Crippen molar-refractivity contribution in [3.63, 3.8) is 0 Å². The largest absolute Gasteiger partial charge is 0.340 e. The number of alkyl halides is 1. The van der Waals surface area contributed by atoms with E-state index in [1.54, 1.807) is 11.8 Å². The fourth-order valence-corrected chi connectivity index (χ4v) is 3.55. The molecule has 0 radical (unpaired) electrons. The average Bonchev–Trinajstić information content (AvgIpc) is 2.51. The summed E-state index contributed by atoms with van der Waals surface area (Å²) in [5, 5.41) is 9.10. The summed E-state index contributed by atoms with van der Waals surface area (Å²) in [5.74, 6) is 0.638. The summed E-state index contributed by atoms with van der Waals surface area (Å²) >= 11 is 7.60. The lowest BCUT2D eigenvalue weighted by Crippen LogP contribution is -2.22. The summed E-state index contributed by atoms with van der Waals surface area (Å²) < 4.78 is 0. The maximum absolute atomic E-state index is 9.10. The van der Waals surface area contributed by atoms with Gasteiger partial charge in [0.05, 0.1) is 23.0 Å². The Labute approximate surface area is 128 Å². The van der Waals surface area contributed by atoms with E-state index in [0.717, 1.165) is 18.7 Å². The number of hydrogen-bond acceptors (Lipinski definition) is 3. The molecule has 0 atom stereocenters. The van der Waals surface area contributed by atoms with Crippen molar-refractivity contribution in [1.29, 1.82) is 5.26 Å². The summed E-state index contributed by atoms with van der Waals surface area (Å²) in [6.07, 6.45) is 0.913. The number of fused-ring (bicyclic) bond motifs is 2. The van der Waals surface area contributed by atoms with E-state index in [1.165, 1.54) is 15.5 Å². The molecule has 0 spiro atoms. The standard InChI is InChI=1S/C16H13ClN2S/c17-8-3-9-19-13-4-1-2-5-15(13)20-16-7-6-12(11-18)10-14(16)19/h1-2,4-7,10H,3,8-9H2. The van der Waals surface area contributed by atoms with Crippen LogP contribution in [0.15, 0.2) is 52.3 Å². The van der Waals surface area contributed by atoms with Gasteiger partial charge in [0.2, 0.25) is 0 Å². The van der Waals surface area contributed by atoms with Gasteiger partial charge < -0.3 is 4.90 Å². The van der Waals surface area contributed by atoms with Gasteiger partial charge in [0.25, 0.3) is 0 Å². The van der Waals surface area contributed by atoms with E-state index in [2.05, 4.69) is 29.2 Å². The Morgan fingerprint density at radius 1 is 1.10 bits per heavy atom. The van der Waals surface area contributed by atoms with Gasteiger partial charge in [0.15, 0.2) is 0 Å². The highest BCUT2D eigenvalue weighted by atomic mass is 35.5. The van der Waals surface area contributed by atoms with E-state index in [0.29, 0.717) is 11.4 Å². The fraction of sp³-hybridized carbons (Fsp3) is 0.188. The van der Waals surface area contributed by atoms with Crippen molar-refractivity contribution in [2.75, 3.05) is 17.3 Å². The van der Waals surface area contributed by atoms with Gasteiger partial charge in [-0.15, -0.1) is 11.6 Å². The Hall–Kier alpha value is -1.63. The van der Waals surface area contributed by atoms with Crippen LogP contribution in [0.1, 0.15) is 12.0 Å². The van der Waals surface area contributed by atoms with Gasteiger partial charge in [-0.05, 0) is 36.8 Å². The SMILES string of the molecule is N#Cc1ccc2c(c1)N(CCCCl)c1ccccc1S2. The summed E-state index contributed by atoms with van der Waals surface area (Å²) in [6, 6.07) is 16.4. The Balaban J connectivity index is 2.09. The molecule has 0 saturated carbocycles. The molecule has 20 heavy (non-hydrogen) atoms. The number of anilines is 2. The number of nitriles is 1. The van der Waals surface area contributed by atoms with Gasteiger partial charge in [0, 0.05) is 22.2 Å². The molecule has 0 saturated heterocycles. The Kier molecular flexibility index (Phi) is 3.86. The number of para-hydroxylation sites is 1. The minimum absolute atomic E-state index is 0.638. The van der Waals surface area contributed by atoms with Crippen LogP contribution in [0, 0.1) is 11.3 Å². The first kappa shape index (κ1) is 13.4. The molecule has 0 unspecified atom stereocenters. The summed E-state index contributed by atoms with van der Waals surface area (Å²) in [4.78, 5) is 4.71. The summed E-state index contributed by atoms with van der Waals surface area (Å²) in [5.41, 5.74) is 3.00. The van der Waals surface area contributed by atoms with Crippen LogP contribution in [0.2, 0.25) is 0 Å². The van der Waals surface area contributed by atoms with Gasteiger partial charge in [-0.1, -0.05) is 23.9 Å². The molecule has 100 valence electrons. The van der Waals surface area contributed by atoms with Crippen molar-refractivity contribution in [3.8, 4) is 6.07 Å². The monoisotopic (exact) mass is 300 g/mol. The van der Waals surface area contributed by atoms with Gasteiger partial charge in [-0.3, -0.25) is 0 Å². The van der Waals surface area contributed by atoms with Crippen molar-refractivity contribution in [2.24, 2.45) is 0 Å². The van der Waals surface area contributed by atoms with Crippen LogP contribution in [-0.4, -0.2) is 12.4 Å². The molecule has 0 N–H and O–H groups in total. The number of halogens is 1. The molecule has 2 nitrogen and oxygen atoms in total. The molecule has 1 heterocycles. The van der Waals surface area contributed by atoms with Crippen LogP contribution in [0.4, 0.5) is 11.4 Å². The highest BCUT2D eigenvalue weighted by molar-refractivity contribution is 7.99. The number of rotatable bonds is 3. The van der Waals surface area contributed by atoms with Crippen molar-refractivity contribution in [1.82, 2.24) is 0 Å². The predicted octanol–water partition coefficient (Wildman–Crippen LogP) is 4.79. The zero-order valence-corrected chi connectivity index (χ0v) is 12.4. The Morgan fingerprint density at radius 3 is 2.70 bits per heavy atom. The molecule has 0 amide bonds. The molecule has 3 rings (SSSR count). The quantitative estimate of drug-likeness (QED) is 0.763. The minimum Gasteiger partial charge on any atom is -0.340 e. The van der Waals surface area contributed by atoms with Crippen LogP contribution in [0.5, 0.6) is 0 Å². The fourth-order valence-electron chi connectivity index (χ4n) is 2.36. The molecule has 4 heteroatoms. The van der Waals surface area contributed by atoms with E-state index in [1.807, 2.05) is 24.3 Å². The third-order valence-electron chi connectivity index (χ3n) is 3.27. The highest BCUT2D eigenvalue weighted by Gasteiger charge is 2.22. The minimum atomic E-state index is 0.638. The molecular weight excluding hydrogens is 288 g/mol. The normalized spacial score (nSPS) is 12.5. The molecular formula is C16H13ClN2S. The first-order valence-corrected chi connectivity index (χ1v) is 7.83. The van der Waals surface area contributed by atoms with E-state index in [-0.39, 0.29) is 0 Å². The lowest BCUT2D eigenvalue weighted by molar-refractivity contribution is 0.870. The van der Waals surface area contributed by atoms with E-state index in [4.69, 9.17) is 16.9 Å². The van der Waals surface area contributed by atoms with Crippen LogP contribution in [0.3, 0.4) is 0 Å². The summed E-state index contributed by atoms with van der Waals surface area (Å²) in [6.45, 7) is 0.864. The Bertz CT molecular complexity index is 678. The van der Waals surface area contributed by atoms with Crippen molar-refractivity contribution in [2.45, 2.75) is 16.2 Å². The molecule has 0 bridgehead atoms. The van der Waals surface area contributed by atoms with Crippen molar-refractivity contribution in [3.05, 3.63) is 48.0 Å². The zero-order chi connectivity index (χ0) is 13.9. The van der Waals surface area contributed by atoms with E-state index < -0.39 is 0 Å². The maximum Gasteiger partial charge on any atom is 0.0992 e. The second-order valence-corrected chi connectivity index (χ2v) is 6.02. The van der Waals surface area contributed by atoms with Crippen LogP contribution < -0.4 is 4.90 Å². The third-order valence-corrected chi connectivity index (χ3v) is 4.67.